The third-order valence-corrected chi connectivity index (χ3v) is 4.30. The van der Waals surface area contributed by atoms with Gasteiger partial charge in [-0.1, -0.05) is 6.92 Å². The van der Waals surface area contributed by atoms with E-state index in [-0.39, 0.29) is 0 Å². The molecule has 96 valence electrons. The van der Waals surface area contributed by atoms with Gasteiger partial charge >= 0.3 is 0 Å². The number of nitrogens with zero attached hydrogens (tertiary/aromatic N) is 1. The normalized spacial score (nSPS) is 12.6. The SMILES string of the molecule is CCNC(Cc1cncc(Br)c1)c1ccc(C)s1. The van der Waals surface area contributed by atoms with Gasteiger partial charge in [0.1, 0.15) is 0 Å². The van der Waals surface area contributed by atoms with E-state index in [1.807, 2.05) is 23.7 Å². The van der Waals surface area contributed by atoms with Crippen molar-refractivity contribution in [1.29, 1.82) is 0 Å². The van der Waals surface area contributed by atoms with Crippen LogP contribution in [0.2, 0.25) is 0 Å². The second kappa shape index (κ2) is 6.45. The van der Waals surface area contributed by atoms with Crippen molar-refractivity contribution < 1.29 is 0 Å². The lowest BCUT2D eigenvalue weighted by Crippen LogP contribution is -2.22. The molecule has 2 heterocycles. The van der Waals surface area contributed by atoms with Gasteiger partial charge in [-0.2, -0.15) is 0 Å². The zero-order valence-electron chi connectivity index (χ0n) is 10.6. The maximum atomic E-state index is 4.23. The van der Waals surface area contributed by atoms with Crippen LogP contribution in [0, 0.1) is 6.92 Å². The standard InChI is InChI=1S/C14H17BrN2S/c1-3-17-13(14-5-4-10(2)18-14)7-11-6-12(15)9-16-8-11/h4-6,8-9,13,17H,3,7H2,1-2H3. The van der Waals surface area contributed by atoms with Crippen LogP contribution in [0.1, 0.15) is 28.3 Å². The minimum atomic E-state index is 0.379. The second-order valence-corrected chi connectivity index (χ2v) is 6.51. The highest BCUT2D eigenvalue weighted by atomic mass is 79.9. The predicted octanol–water partition coefficient (Wildman–Crippen LogP) is 4.11. The first kappa shape index (κ1) is 13.7. The molecule has 0 aliphatic rings. The number of hydrogen-bond donors (Lipinski definition) is 1. The molecule has 1 N–H and O–H groups in total. The van der Waals surface area contributed by atoms with Gasteiger partial charge in [-0.3, -0.25) is 4.98 Å². The maximum Gasteiger partial charge on any atom is 0.0456 e. The third-order valence-electron chi connectivity index (χ3n) is 2.76. The number of nitrogens with one attached hydrogen (secondary N) is 1. The summed E-state index contributed by atoms with van der Waals surface area (Å²) >= 11 is 5.34. The second-order valence-electron chi connectivity index (χ2n) is 4.27. The molecule has 0 aliphatic heterocycles. The number of halogens is 1. The Hall–Kier alpha value is -0.710. The first-order chi connectivity index (χ1) is 8.69. The number of thiophene rings is 1. The van der Waals surface area contributed by atoms with Crippen molar-refractivity contribution in [3.8, 4) is 0 Å². The molecule has 2 aromatic rings. The Morgan fingerprint density at radius 2 is 2.22 bits per heavy atom. The summed E-state index contributed by atoms with van der Waals surface area (Å²) in [6.45, 7) is 5.27. The van der Waals surface area contributed by atoms with Crippen LogP contribution in [0.25, 0.3) is 0 Å². The van der Waals surface area contributed by atoms with Crippen molar-refractivity contribution in [3.05, 3.63) is 50.4 Å². The van der Waals surface area contributed by atoms with Crippen molar-refractivity contribution in [3.63, 3.8) is 0 Å². The first-order valence-corrected chi connectivity index (χ1v) is 7.69. The minimum absolute atomic E-state index is 0.379. The number of pyridine rings is 1. The Balaban J connectivity index is 2.16. The Morgan fingerprint density at radius 3 is 2.83 bits per heavy atom. The third kappa shape index (κ3) is 3.64. The van der Waals surface area contributed by atoms with Crippen LogP contribution >= 0.6 is 27.3 Å². The molecule has 0 radical (unpaired) electrons. The average molecular weight is 325 g/mol. The van der Waals surface area contributed by atoms with E-state index in [1.165, 1.54) is 15.3 Å². The molecule has 0 aromatic carbocycles. The predicted molar refractivity (Wildman–Crippen MR) is 81.1 cm³/mol. The lowest BCUT2D eigenvalue weighted by atomic mass is 10.1. The van der Waals surface area contributed by atoms with E-state index in [2.05, 4.69) is 58.3 Å². The molecule has 4 heteroatoms. The Morgan fingerprint density at radius 1 is 1.39 bits per heavy atom. The molecular weight excluding hydrogens is 308 g/mol. The van der Waals surface area contributed by atoms with Gasteiger partial charge in [0.2, 0.25) is 0 Å². The summed E-state index contributed by atoms with van der Waals surface area (Å²) in [6, 6.07) is 6.92. The van der Waals surface area contributed by atoms with Crippen LogP contribution in [0.3, 0.4) is 0 Å². The van der Waals surface area contributed by atoms with Crippen LogP contribution in [-0.2, 0) is 6.42 Å². The number of aromatic nitrogens is 1. The van der Waals surface area contributed by atoms with E-state index < -0.39 is 0 Å². The summed E-state index contributed by atoms with van der Waals surface area (Å²) in [7, 11) is 0. The molecule has 18 heavy (non-hydrogen) atoms. The monoisotopic (exact) mass is 324 g/mol. The van der Waals surface area contributed by atoms with Gasteiger partial charge < -0.3 is 5.32 Å². The van der Waals surface area contributed by atoms with Crippen molar-refractivity contribution in [2.45, 2.75) is 26.3 Å². The van der Waals surface area contributed by atoms with E-state index in [1.54, 1.807) is 0 Å². The quantitative estimate of drug-likeness (QED) is 0.895. The summed E-state index contributed by atoms with van der Waals surface area (Å²) in [6.07, 6.45) is 4.73. The summed E-state index contributed by atoms with van der Waals surface area (Å²) in [5, 5.41) is 3.55. The number of aryl methyl sites for hydroxylation is 1. The summed E-state index contributed by atoms with van der Waals surface area (Å²) in [5.41, 5.74) is 1.25. The molecule has 0 saturated heterocycles. The molecule has 2 rings (SSSR count). The van der Waals surface area contributed by atoms with Gasteiger partial charge in [0, 0.05) is 32.7 Å². The summed E-state index contributed by atoms with van der Waals surface area (Å²) in [4.78, 5) is 6.98. The van der Waals surface area contributed by atoms with Crippen molar-refractivity contribution in [2.75, 3.05) is 6.54 Å². The maximum absolute atomic E-state index is 4.23. The zero-order chi connectivity index (χ0) is 13.0. The van der Waals surface area contributed by atoms with Crippen LogP contribution in [0.4, 0.5) is 0 Å². The van der Waals surface area contributed by atoms with Crippen LogP contribution < -0.4 is 5.32 Å². The molecule has 2 nitrogen and oxygen atoms in total. The molecule has 0 bridgehead atoms. The Bertz CT molecular complexity index is 510. The van der Waals surface area contributed by atoms with Gasteiger partial charge in [-0.15, -0.1) is 11.3 Å². The first-order valence-electron chi connectivity index (χ1n) is 6.08. The molecule has 0 amide bonds. The molecule has 1 atom stereocenters. The highest BCUT2D eigenvalue weighted by Crippen LogP contribution is 2.26. The van der Waals surface area contributed by atoms with Gasteiger partial charge in [-0.25, -0.2) is 0 Å². The molecule has 0 aliphatic carbocycles. The van der Waals surface area contributed by atoms with E-state index in [4.69, 9.17) is 0 Å². The lowest BCUT2D eigenvalue weighted by molar-refractivity contribution is 0.557. The fourth-order valence-electron chi connectivity index (χ4n) is 1.96. The molecular formula is C14H17BrN2S. The van der Waals surface area contributed by atoms with E-state index in [0.717, 1.165) is 17.4 Å². The van der Waals surface area contributed by atoms with Gasteiger partial charge in [0.05, 0.1) is 0 Å². The average Bonchev–Trinajstić information content (AvgIpc) is 2.75. The molecule has 0 saturated carbocycles. The van der Waals surface area contributed by atoms with E-state index >= 15 is 0 Å². The van der Waals surface area contributed by atoms with Gasteiger partial charge in [0.25, 0.3) is 0 Å². The lowest BCUT2D eigenvalue weighted by Gasteiger charge is -2.16. The molecule has 1 unspecified atom stereocenters. The van der Waals surface area contributed by atoms with Crippen molar-refractivity contribution in [1.82, 2.24) is 10.3 Å². The van der Waals surface area contributed by atoms with Crippen LogP contribution in [-0.4, -0.2) is 11.5 Å². The van der Waals surface area contributed by atoms with Gasteiger partial charge in [0.15, 0.2) is 0 Å². The minimum Gasteiger partial charge on any atom is -0.309 e. The fourth-order valence-corrected chi connectivity index (χ4v) is 3.33. The molecule has 0 fully saturated rings. The van der Waals surface area contributed by atoms with Crippen LogP contribution in [0.15, 0.2) is 35.1 Å². The fraction of sp³-hybridized carbons (Fsp3) is 0.357. The molecule has 0 spiro atoms. The number of likely N-dealkylation sites (N-methyl/N-ethyl adjacent to an activating group) is 1. The summed E-state index contributed by atoms with van der Waals surface area (Å²) < 4.78 is 1.04. The number of rotatable bonds is 5. The van der Waals surface area contributed by atoms with Crippen molar-refractivity contribution in [2.24, 2.45) is 0 Å². The largest absolute Gasteiger partial charge is 0.309 e. The summed E-state index contributed by atoms with van der Waals surface area (Å²) in [5.74, 6) is 0. The number of hydrogen-bond acceptors (Lipinski definition) is 3. The zero-order valence-corrected chi connectivity index (χ0v) is 13.0. The Labute approximate surface area is 121 Å². The van der Waals surface area contributed by atoms with Crippen LogP contribution in [0.5, 0.6) is 0 Å². The smallest absolute Gasteiger partial charge is 0.0456 e. The topological polar surface area (TPSA) is 24.9 Å². The van der Waals surface area contributed by atoms with E-state index in [9.17, 15) is 0 Å². The highest BCUT2D eigenvalue weighted by molar-refractivity contribution is 9.10. The Kier molecular flexibility index (Phi) is 4.92. The van der Waals surface area contributed by atoms with E-state index in [0.29, 0.717) is 6.04 Å². The highest BCUT2D eigenvalue weighted by Gasteiger charge is 2.13. The van der Waals surface area contributed by atoms with Crippen molar-refractivity contribution >= 4 is 27.3 Å². The van der Waals surface area contributed by atoms with Gasteiger partial charge in [-0.05, 0) is 59.6 Å². The molecule has 2 aromatic heterocycles.